The Morgan fingerprint density at radius 2 is 2.21 bits per heavy atom. The van der Waals surface area contributed by atoms with Crippen LogP contribution in [0.3, 0.4) is 0 Å². The van der Waals surface area contributed by atoms with Gasteiger partial charge in [-0.15, -0.1) is 0 Å². The number of oxime groups is 1. The second kappa shape index (κ2) is 3.95. The molecule has 1 aliphatic rings. The smallest absolute Gasteiger partial charge is 0.408 e. The number of carboxylic acid groups (broad SMARTS) is 2. The molecule has 0 aromatic carbocycles. The van der Waals surface area contributed by atoms with Crippen LogP contribution in [0.2, 0.25) is 0 Å². The summed E-state index contributed by atoms with van der Waals surface area (Å²) >= 11 is 0. The van der Waals surface area contributed by atoms with E-state index in [1.165, 1.54) is 7.11 Å². The lowest BCUT2D eigenvalue weighted by atomic mass is 10.2. The van der Waals surface area contributed by atoms with Gasteiger partial charge < -0.3 is 15.1 Å². The molecule has 0 unspecified atom stereocenters. The average molecular weight is 202 g/mol. The van der Waals surface area contributed by atoms with Crippen LogP contribution >= 0.6 is 0 Å². The van der Waals surface area contributed by atoms with Crippen molar-refractivity contribution in [1.82, 2.24) is 4.90 Å². The Kier molecular flexibility index (Phi) is 2.90. The van der Waals surface area contributed by atoms with Crippen LogP contribution in [-0.4, -0.2) is 52.6 Å². The number of amides is 1. The highest BCUT2D eigenvalue weighted by atomic mass is 16.6. The second-order valence-corrected chi connectivity index (χ2v) is 2.81. The van der Waals surface area contributed by atoms with Crippen LogP contribution in [0.5, 0.6) is 0 Å². The van der Waals surface area contributed by atoms with Crippen LogP contribution in [0.1, 0.15) is 6.42 Å². The molecule has 78 valence electrons. The quantitative estimate of drug-likeness (QED) is 0.605. The van der Waals surface area contributed by atoms with Gasteiger partial charge in [0.2, 0.25) is 0 Å². The van der Waals surface area contributed by atoms with Gasteiger partial charge >= 0.3 is 12.1 Å². The number of likely N-dealkylation sites (tertiary alicyclic amines) is 1. The van der Waals surface area contributed by atoms with Gasteiger partial charge in [-0.25, -0.2) is 9.59 Å². The Bertz CT molecular complexity index is 264. The van der Waals surface area contributed by atoms with E-state index in [0.29, 0.717) is 5.71 Å². The van der Waals surface area contributed by atoms with Gasteiger partial charge in [0.25, 0.3) is 0 Å². The molecular formula is C7H10N2O5. The normalized spacial score (nSPS) is 23.9. The highest BCUT2D eigenvalue weighted by Gasteiger charge is 2.38. The van der Waals surface area contributed by atoms with Crippen molar-refractivity contribution in [2.45, 2.75) is 12.5 Å². The highest BCUT2D eigenvalue weighted by molar-refractivity contribution is 5.97. The number of hydrogen-bond acceptors (Lipinski definition) is 4. The van der Waals surface area contributed by atoms with Crippen LogP contribution in [0, 0.1) is 0 Å². The van der Waals surface area contributed by atoms with E-state index in [1.54, 1.807) is 0 Å². The molecule has 7 heteroatoms. The lowest BCUT2D eigenvalue weighted by molar-refractivity contribution is -0.141. The van der Waals surface area contributed by atoms with Crippen LogP contribution in [0.25, 0.3) is 0 Å². The first kappa shape index (κ1) is 10.3. The molecule has 7 nitrogen and oxygen atoms in total. The van der Waals surface area contributed by atoms with Crippen LogP contribution in [0.15, 0.2) is 5.16 Å². The van der Waals surface area contributed by atoms with E-state index in [0.717, 1.165) is 4.90 Å². The molecule has 14 heavy (non-hydrogen) atoms. The molecule has 1 fully saturated rings. The van der Waals surface area contributed by atoms with Gasteiger partial charge in [0, 0.05) is 6.42 Å². The number of nitrogens with zero attached hydrogens (tertiary/aromatic N) is 2. The van der Waals surface area contributed by atoms with E-state index in [1.807, 2.05) is 0 Å². The van der Waals surface area contributed by atoms with E-state index < -0.39 is 18.1 Å². The minimum Gasteiger partial charge on any atom is -0.480 e. The van der Waals surface area contributed by atoms with Crippen LogP contribution < -0.4 is 0 Å². The molecule has 0 aromatic rings. The zero-order valence-corrected chi connectivity index (χ0v) is 7.51. The van der Waals surface area contributed by atoms with Gasteiger partial charge in [-0.3, -0.25) is 4.90 Å². The fraction of sp³-hybridized carbons (Fsp3) is 0.571. The molecule has 0 aliphatic carbocycles. The standard InChI is InChI=1S/C7H10N2O5/c1-14-8-4-2-5(6(10)11)9(3-4)7(12)13/h5H,2-3H2,1H3,(H,10,11)(H,12,13)/t5-/m0/s1. The molecule has 1 aliphatic heterocycles. The van der Waals surface area contributed by atoms with Gasteiger partial charge in [0.1, 0.15) is 13.2 Å². The molecular weight excluding hydrogens is 192 g/mol. The van der Waals surface area contributed by atoms with E-state index in [2.05, 4.69) is 9.99 Å². The Balaban J connectivity index is 2.80. The molecule has 1 amide bonds. The van der Waals surface area contributed by atoms with Crippen molar-refractivity contribution in [3.05, 3.63) is 0 Å². The minimum atomic E-state index is -1.27. The maximum atomic E-state index is 10.7. The highest BCUT2D eigenvalue weighted by Crippen LogP contribution is 2.15. The Labute approximate surface area is 79.6 Å². The summed E-state index contributed by atoms with van der Waals surface area (Å²) in [5.74, 6) is -1.17. The monoisotopic (exact) mass is 202 g/mol. The van der Waals surface area contributed by atoms with Crippen molar-refractivity contribution in [3.8, 4) is 0 Å². The molecule has 1 rings (SSSR count). The zero-order chi connectivity index (χ0) is 10.7. The fourth-order valence-corrected chi connectivity index (χ4v) is 1.32. The number of aliphatic carboxylic acids is 1. The van der Waals surface area contributed by atoms with Gasteiger partial charge in [-0.05, 0) is 0 Å². The van der Waals surface area contributed by atoms with E-state index in [9.17, 15) is 9.59 Å². The summed E-state index contributed by atoms with van der Waals surface area (Å²) in [6, 6.07) is -1.05. The van der Waals surface area contributed by atoms with Crippen molar-refractivity contribution in [3.63, 3.8) is 0 Å². The van der Waals surface area contributed by atoms with E-state index in [4.69, 9.17) is 10.2 Å². The maximum absolute atomic E-state index is 10.7. The Hall–Kier alpha value is -1.79. The first-order valence-electron chi connectivity index (χ1n) is 3.87. The number of carboxylic acids is 1. The molecule has 0 saturated carbocycles. The molecule has 1 saturated heterocycles. The summed E-state index contributed by atoms with van der Waals surface area (Å²) in [5, 5.41) is 20.9. The van der Waals surface area contributed by atoms with Gasteiger partial charge in [0.05, 0.1) is 12.3 Å². The summed E-state index contributed by atoms with van der Waals surface area (Å²) in [6.45, 7) is -0.0137. The van der Waals surface area contributed by atoms with Gasteiger partial charge in [-0.2, -0.15) is 0 Å². The topological polar surface area (TPSA) is 99.4 Å². The number of hydrogen-bond donors (Lipinski definition) is 2. The third-order valence-electron chi connectivity index (χ3n) is 1.91. The largest absolute Gasteiger partial charge is 0.480 e. The molecule has 1 atom stereocenters. The van der Waals surface area contributed by atoms with E-state index in [-0.39, 0.29) is 13.0 Å². The van der Waals surface area contributed by atoms with Crippen molar-refractivity contribution in [2.24, 2.45) is 5.16 Å². The molecule has 1 heterocycles. The molecule has 2 N–H and O–H groups in total. The SMILES string of the molecule is CON=C1C[C@@H](C(=O)O)N(C(=O)O)C1. The third-order valence-corrected chi connectivity index (χ3v) is 1.91. The predicted octanol–water partition coefficient (Wildman–Crippen LogP) is -0.174. The molecule has 0 spiro atoms. The lowest BCUT2D eigenvalue weighted by Crippen LogP contribution is -2.39. The van der Waals surface area contributed by atoms with Crippen molar-refractivity contribution in [1.29, 1.82) is 0 Å². The van der Waals surface area contributed by atoms with Crippen molar-refractivity contribution in [2.75, 3.05) is 13.7 Å². The van der Waals surface area contributed by atoms with Gasteiger partial charge in [0.15, 0.2) is 0 Å². The second-order valence-electron chi connectivity index (χ2n) is 2.81. The summed E-state index contributed by atoms with van der Waals surface area (Å²) in [6.07, 6.45) is -1.19. The Morgan fingerprint density at radius 1 is 1.57 bits per heavy atom. The summed E-state index contributed by atoms with van der Waals surface area (Å²) < 4.78 is 0. The van der Waals surface area contributed by atoms with Crippen molar-refractivity contribution >= 4 is 17.8 Å². The minimum absolute atomic E-state index is 0.0137. The average Bonchev–Trinajstić information content (AvgIpc) is 2.49. The van der Waals surface area contributed by atoms with Crippen molar-refractivity contribution < 1.29 is 24.6 Å². The number of carbonyl (C=O) groups is 2. The summed E-state index contributed by atoms with van der Waals surface area (Å²) in [7, 11) is 1.33. The maximum Gasteiger partial charge on any atom is 0.408 e. The first-order valence-corrected chi connectivity index (χ1v) is 3.87. The Morgan fingerprint density at radius 3 is 2.57 bits per heavy atom. The number of rotatable bonds is 2. The predicted molar refractivity (Wildman–Crippen MR) is 45.2 cm³/mol. The zero-order valence-electron chi connectivity index (χ0n) is 7.51. The van der Waals surface area contributed by atoms with E-state index >= 15 is 0 Å². The summed E-state index contributed by atoms with van der Waals surface area (Å²) in [4.78, 5) is 26.6. The lowest BCUT2D eigenvalue weighted by Gasteiger charge is -2.15. The molecule has 0 radical (unpaired) electrons. The third kappa shape index (κ3) is 1.93. The molecule has 0 bridgehead atoms. The van der Waals surface area contributed by atoms with Crippen LogP contribution in [-0.2, 0) is 9.63 Å². The van der Waals surface area contributed by atoms with Gasteiger partial charge in [-0.1, -0.05) is 5.16 Å². The fourth-order valence-electron chi connectivity index (χ4n) is 1.32. The molecule has 0 aromatic heterocycles. The van der Waals surface area contributed by atoms with Crippen LogP contribution in [0.4, 0.5) is 4.79 Å². The summed E-state index contributed by atoms with van der Waals surface area (Å²) in [5.41, 5.74) is 0.419. The first-order chi connectivity index (χ1) is 6.56.